The Labute approximate surface area is 183 Å². The summed E-state index contributed by atoms with van der Waals surface area (Å²) >= 11 is 0. The number of aryl methyl sites for hydroxylation is 2. The van der Waals surface area contributed by atoms with Crippen LogP contribution in [0.3, 0.4) is 0 Å². The molecule has 0 saturated heterocycles. The highest BCUT2D eigenvalue weighted by Gasteiger charge is 2.40. The lowest BCUT2D eigenvalue weighted by atomic mass is 9.99. The Morgan fingerprint density at radius 1 is 0.774 bits per heavy atom. The van der Waals surface area contributed by atoms with E-state index in [1.807, 2.05) is 74.5 Å². The zero-order valence-corrected chi connectivity index (χ0v) is 18.3. The van der Waals surface area contributed by atoms with Gasteiger partial charge in [-0.05, 0) is 66.3 Å². The van der Waals surface area contributed by atoms with Gasteiger partial charge in [0, 0.05) is 5.69 Å². The Balaban J connectivity index is 1.80. The molecule has 156 valence electrons. The molecule has 1 heterocycles. The van der Waals surface area contributed by atoms with Gasteiger partial charge in [0.25, 0.3) is 11.8 Å². The molecule has 0 saturated carbocycles. The predicted octanol–water partition coefficient (Wildman–Crippen LogP) is 5.82. The Morgan fingerprint density at radius 3 is 2.06 bits per heavy atom. The molecule has 3 aromatic carbocycles. The van der Waals surface area contributed by atoms with Gasteiger partial charge >= 0.3 is 0 Å². The van der Waals surface area contributed by atoms with E-state index < -0.39 is 0 Å². The molecule has 0 spiro atoms. The molecule has 0 radical (unpaired) electrons. The van der Waals surface area contributed by atoms with Crippen LogP contribution in [0.25, 0.3) is 5.57 Å². The van der Waals surface area contributed by atoms with Crippen LogP contribution in [0.1, 0.15) is 42.0 Å². The molecular formula is C27H26N2O2. The van der Waals surface area contributed by atoms with Crippen LogP contribution < -0.4 is 10.2 Å². The van der Waals surface area contributed by atoms with Crippen molar-refractivity contribution < 1.29 is 9.59 Å². The highest BCUT2D eigenvalue weighted by atomic mass is 16.2. The van der Waals surface area contributed by atoms with E-state index in [1.165, 1.54) is 10.5 Å². The van der Waals surface area contributed by atoms with Gasteiger partial charge in [-0.25, -0.2) is 4.90 Å². The number of hydrogen-bond acceptors (Lipinski definition) is 3. The van der Waals surface area contributed by atoms with Crippen LogP contribution in [0.2, 0.25) is 0 Å². The summed E-state index contributed by atoms with van der Waals surface area (Å²) in [6.45, 7) is 8.31. The van der Waals surface area contributed by atoms with Crippen LogP contribution >= 0.6 is 0 Å². The van der Waals surface area contributed by atoms with Gasteiger partial charge in [0.1, 0.15) is 5.70 Å². The van der Waals surface area contributed by atoms with Crippen molar-refractivity contribution in [2.24, 2.45) is 0 Å². The molecule has 0 aromatic heterocycles. The minimum Gasteiger partial charge on any atom is -0.350 e. The number of anilines is 2. The number of nitrogens with one attached hydrogen (secondary N) is 1. The van der Waals surface area contributed by atoms with Gasteiger partial charge in [-0.15, -0.1) is 0 Å². The Kier molecular flexibility index (Phi) is 5.47. The molecule has 1 N–H and O–H groups in total. The number of imide groups is 1. The van der Waals surface area contributed by atoms with E-state index >= 15 is 0 Å². The first-order valence-corrected chi connectivity index (χ1v) is 10.5. The van der Waals surface area contributed by atoms with Crippen molar-refractivity contribution >= 4 is 28.8 Å². The number of amides is 2. The maximum Gasteiger partial charge on any atom is 0.282 e. The molecule has 31 heavy (non-hydrogen) atoms. The van der Waals surface area contributed by atoms with Crippen LogP contribution in [0.15, 0.2) is 78.5 Å². The number of para-hydroxylation sites is 1. The topological polar surface area (TPSA) is 49.4 Å². The summed E-state index contributed by atoms with van der Waals surface area (Å²) < 4.78 is 0. The SMILES string of the molecule is Cc1ccc(C2=C(Nc3ccc(C(C)C)cc3)C(=O)N(c3ccccc3)C2=O)cc1C. The van der Waals surface area contributed by atoms with Gasteiger partial charge < -0.3 is 5.32 Å². The Hall–Kier alpha value is -3.66. The van der Waals surface area contributed by atoms with Crippen molar-refractivity contribution in [3.05, 3.63) is 101 Å². The van der Waals surface area contributed by atoms with E-state index in [1.54, 1.807) is 12.1 Å². The molecule has 0 fully saturated rings. The smallest absolute Gasteiger partial charge is 0.282 e. The van der Waals surface area contributed by atoms with Crippen molar-refractivity contribution in [2.75, 3.05) is 10.2 Å². The maximum atomic E-state index is 13.5. The summed E-state index contributed by atoms with van der Waals surface area (Å²) in [6.07, 6.45) is 0. The Morgan fingerprint density at radius 2 is 1.45 bits per heavy atom. The standard InChI is InChI=1S/C27H26N2O2/c1-17(2)20-12-14-22(15-13-20)28-25-24(21-11-10-18(3)19(4)16-21)26(30)29(27(25)31)23-8-6-5-7-9-23/h5-17,28H,1-4H3. The average molecular weight is 411 g/mol. The van der Waals surface area contributed by atoms with Crippen molar-refractivity contribution in [3.8, 4) is 0 Å². The lowest BCUT2D eigenvalue weighted by Crippen LogP contribution is -2.32. The van der Waals surface area contributed by atoms with Gasteiger partial charge in [-0.1, -0.05) is 62.4 Å². The highest BCUT2D eigenvalue weighted by Crippen LogP contribution is 2.34. The average Bonchev–Trinajstić information content (AvgIpc) is 3.00. The monoisotopic (exact) mass is 410 g/mol. The van der Waals surface area contributed by atoms with Crippen LogP contribution in [0.4, 0.5) is 11.4 Å². The van der Waals surface area contributed by atoms with Crippen LogP contribution in [0.5, 0.6) is 0 Å². The van der Waals surface area contributed by atoms with E-state index in [0.29, 0.717) is 22.9 Å². The molecule has 0 unspecified atom stereocenters. The van der Waals surface area contributed by atoms with E-state index in [-0.39, 0.29) is 11.8 Å². The van der Waals surface area contributed by atoms with E-state index in [2.05, 4.69) is 19.2 Å². The Bertz CT molecular complexity index is 1180. The zero-order chi connectivity index (χ0) is 22.1. The van der Waals surface area contributed by atoms with Crippen molar-refractivity contribution in [1.29, 1.82) is 0 Å². The first kappa shape index (κ1) is 20.6. The molecule has 1 aliphatic rings. The van der Waals surface area contributed by atoms with Gasteiger partial charge in [0.05, 0.1) is 11.3 Å². The van der Waals surface area contributed by atoms with Crippen LogP contribution in [-0.2, 0) is 9.59 Å². The molecule has 4 rings (SSSR count). The second kappa shape index (κ2) is 8.23. The number of carbonyl (C=O) groups excluding carboxylic acids is 2. The lowest BCUT2D eigenvalue weighted by Gasteiger charge is -2.15. The summed E-state index contributed by atoms with van der Waals surface area (Å²) in [5.41, 5.74) is 6.19. The number of nitrogens with zero attached hydrogens (tertiary/aromatic N) is 1. The first-order chi connectivity index (χ1) is 14.9. The maximum absolute atomic E-state index is 13.5. The summed E-state index contributed by atoms with van der Waals surface area (Å²) in [5.74, 6) is -0.249. The molecule has 0 atom stereocenters. The first-order valence-electron chi connectivity index (χ1n) is 10.5. The largest absolute Gasteiger partial charge is 0.350 e. The number of rotatable bonds is 5. The highest BCUT2D eigenvalue weighted by molar-refractivity contribution is 6.46. The van der Waals surface area contributed by atoms with Crippen LogP contribution in [0, 0.1) is 13.8 Å². The lowest BCUT2D eigenvalue weighted by molar-refractivity contribution is -0.120. The van der Waals surface area contributed by atoms with E-state index in [0.717, 1.165) is 22.4 Å². The van der Waals surface area contributed by atoms with Gasteiger partial charge in [0.15, 0.2) is 0 Å². The van der Waals surface area contributed by atoms with Crippen LogP contribution in [-0.4, -0.2) is 11.8 Å². The van der Waals surface area contributed by atoms with Gasteiger partial charge in [-0.3, -0.25) is 9.59 Å². The van der Waals surface area contributed by atoms with E-state index in [9.17, 15) is 9.59 Å². The third kappa shape index (κ3) is 3.89. The summed E-state index contributed by atoms with van der Waals surface area (Å²) in [6, 6.07) is 22.9. The molecule has 0 bridgehead atoms. The minimum atomic E-state index is -0.350. The summed E-state index contributed by atoms with van der Waals surface area (Å²) in [5, 5.41) is 3.24. The number of hydrogen-bond donors (Lipinski definition) is 1. The summed E-state index contributed by atoms with van der Waals surface area (Å²) in [7, 11) is 0. The third-order valence-electron chi connectivity index (χ3n) is 5.74. The normalized spacial score (nSPS) is 14.0. The number of benzene rings is 3. The van der Waals surface area contributed by atoms with Gasteiger partial charge in [0.2, 0.25) is 0 Å². The minimum absolute atomic E-state index is 0.300. The molecule has 1 aliphatic heterocycles. The fraction of sp³-hybridized carbons (Fsp3) is 0.185. The fourth-order valence-corrected chi connectivity index (χ4v) is 3.72. The van der Waals surface area contributed by atoms with Crippen molar-refractivity contribution in [3.63, 3.8) is 0 Å². The van der Waals surface area contributed by atoms with Crippen molar-refractivity contribution in [1.82, 2.24) is 0 Å². The second-order valence-electron chi connectivity index (χ2n) is 8.23. The molecule has 4 heteroatoms. The summed E-state index contributed by atoms with van der Waals surface area (Å²) in [4.78, 5) is 28.1. The zero-order valence-electron chi connectivity index (χ0n) is 18.3. The van der Waals surface area contributed by atoms with E-state index in [4.69, 9.17) is 0 Å². The number of carbonyl (C=O) groups is 2. The van der Waals surface area contributed by atoms with Crippen molar-refractivity contribution in [2.45, 2.75) is 33.6 Å². The third-order valence-corrected chi connectivity index (χ3v) is 5.74. The molecular weight excluding hydrogens is 384 g/mol. The molecule has 3 aromatic rings. The predicted molar refractivity (Wildman–Crippen MR) is 126 cm³/mol. The molecule has 0 aliphatic carbocycles. The molecule has 4 nitrogen and oxygen atoms in total. The van der Waals surface area contributed by atoms with Gasteiger partial charge in [-0.2, -0.15) is 0 Å². The quantitative estimate of drug-likeness (QED) is 0.539. The fourth-order valence-electron chi connectivity index (χ4n) is 3.72. The second-order valence-corrected chi connectivity index (χ2v) is 8.23. The molecule has 2 amide bonds.